The Bertz CT molecular complexity index is 845. The number of carbonyl (C=O) groups excluding carboxylic acids is 1. The van der Waals surface area contributed by atoms with Crippen LogP contribution < -0.4 is 5.32 Å². The van der Waals surface area contributed by atoms with Gasteiger partial charge in [-0.05, 0) is 29.8 Å². The summed E-state index contributed by atoms with van der Waals surface area (Å²) in [6.45, 7) is 0.939. The Morgan fingerprint density at radius 1 is 1.13 bits per heavy atom. The van der Waals surface area contributed by atoms with Gasteiger partial charge in [0.25, 0.3) is 0 Å². The zero-order valence-electron chi connectivity index (χ0n) is 12.3. The third-order valence-corrected chi connectivity index (χ3v) is 4.06. The van der Waals surface area contributed by atoms with Crippen LogP contribution in [-0.4, -0.2) is 15.7 Å². The average Bonchev–Trinajstić information content (AvgIpc) is 2.88. The minimum absolute atomic E-state index is 0.0410. The highest BCUT2D eigenvalue weighted by Crippen LogP contribution is 2.22. The van der Waals surface area contributed by atoms with E-state index in [-0.39, 0.29) is 5.91 Å². The molecule has 0 radical (unpaired) electrons. The number of aromatic nitrogens is 2. The van der Waals surface area contributed by atoms with Crippen LogP contribution in [0.5, 0.6) is 0 Å². The molecule has 118 valence electrons. The summed E-state index contributed by atoms with van der Waals surface area (Å²) in [6.07, 6.45) is 0.336. The second kappa shape index (κ2) is 7.02. The quantitative estimate of drug-likeness (QED) is 0.756. The van der Waals surface area contributed by atoms with E-state index in [2.05, 4.69) is 10.4 Å². The van der Waals surface area contributed by atoms with E-state index in [1.165, 1.54) is 0 Å². The van der Waals surface area contributed by atoms with E-state index in [4.69, 9.17) is 23.2 Å². The smallest absolute Gasteiger partial charge is 0.222 e. The predicted octanol–water partition coefficient (Wildman–Crippen LogP) is 4.05. The first-order valence-corrected chi connectivity index (χ1v) is 8.01. The van der Waals surface area contributed by atoms with Crippen LogP contribution >= 0.6 is 23.2 Å². The number of halogens is 2. The van der Waals surface area contributed by atoms with Crippen molar-refractivity contribution in [1.82, 2.24) is 15.1 Å². The van der Waals surface area contributed by atoms with Crippen LogP contribution in [0.25, 0.3) is 10.9 Å². The van der Waals surface area contributed by atoms with Crippen LogP contribution in [0.1, 0.15) is 12.0 Å². The highest BCUT2D eigenvalue weighted by atomic mass is 35.5. The second-order valence-electron chi connectivity index (χ2n) is 5.19. The van der Waals surface area contributed by atoms with Crippen LogP contribution in [0.2, 0.25) is 10.2 Å². The molecular weight excluding hydrogens is 333 g/mol. The highest BCUT2D eigenvalue weighted by molar-refractivity contribution is 6.34. The topological polar surface area (TPSA) is 46.9 Å². The standard InChI is InChI=1S/C17H15Cl2N3O/c18-13-5-3-4-12(10-13)11-20-16(23)8-9-22-15-7-2-1-6-14(15)17(19)21-22/h1-7,10H,8-9,11H2,(H,20,23). The van der Waals surface area contributed by atoms with E-state index in [1.54, 1.807) is 10.7 Å². The summed E-state index contributed by atoms with van der Waals surface area (Å²) in [6, 6.07) is 15.1. The summed E-state index contributed by atoms with van der Waals surface area (Å²) in [5.74, 6) is -0.0410. The number of fused-ring (bicyclic) bond motifs is 1. The molecule has 0 aliphatic rings. The molecule has 1 heterocycles. The van der Waals surface area contributed by atoms with Gasteiger partial charge in [-0.1, -0.05) is 47.5 Å². The molecular formula is C17H15Cl2N3O. The Morgan fingerprint density at radius 2 is 1.96 bits per heavy atom. The molecule has 0 aliphatic heterocycles. The van der Waals surface area contributed by atoms with Gasteiger partial charge in [0.05, 0.1) is 12.1 Å². The van der Waals surface area contributed by atoms with Crippen molar-refractivity contribution in [1.29, 1.82) is 0 Å². The zero-order valence-corrected chi connectivity index (χ0v) is 13.8. The van der Waals surface area contributed by atoms with E-state index in [0.29, 0.717) is 29.7 Å². The van der Waals surface area contributed by atoms with Gasteiger partial charge >= 0.3 is 0 Å². The largest absolute Gasteiger partial charge is 0.352 e. The Labute approximate surface area is 144 Å². The van der Waals surface area contributed by atoms with E-state index >= 15 is 0 Å². The summed E-state index contributed by atoms with van der Waals surface area (Å²) in [4.78, 5) is 12.0. The molecule has 1 aromatic heterocycles. The normalized spacial score (nSPS) is 10.9. The van der Waals surface area contributed by atoms with Crippen LogP contribution in [0, 0.1) is 0 Å². The van der Waals surface area contributed by atoms with Crippen molar-refractivity contribution in [3.63, 3.8) is 0 Å². The molecule has 0 unspecified atom stereocenters. The molecule has 4 nitrogen and oxygen atoms in total. The van der Waals surface area contributed by atoms with Gasteiger partial charge in [-0.15, -0.1) is 0 Å². The lowest BCUT2D eigenvalue weighted by Crippen LogP contribution is -2.24. The maximum absolute atomic E-state index is 12.0. The monoisotopic (exact) mass is 347 g/mol. The number of nitrogens with one attached hydrogen (secondary N) is 1. The van der Waals surface area contributed by atoms with Crippen LogP contribution in [0.4, 0.5) is 0 Å². The van der Waals surface area contributed by atoms with Gasteiger partial charge in [-0.25, -0.2) is 0 Å². The summed E-state index contributed by atoms with van der Waals surface area (Å²) >= 11 is 12.0. The molecule has 2 aromatic carbocycles. The molecule has 1 amide bonds. The van der Waals surface area contributed by atoms with Gasteiger partial charge in [-0.3, -0.25) is 9.48 Å². The molecule has 1 N–H and O–H groups in total. The molecule has 0 aliphatic carbocycles. The molecule has 23 heavy (non-hydrogen) atoms. The number of amides is 1. The number of hydrogen-bond donors (Lipinski definition) is 1. The van der Waals surface area contributed by atoms with Crippen molar-refractivity contribution < 1.29 is 4.79 Å². The zero-order chi connectivity index (χ0) is 16.2. The van der Waals surface area contributed by atoms with Gasteiger partial charge in [0.2, 0.25) is 5.91 Å². The van der Waals surface area contributed by atoms with Crippen LogP contribution in [-0.2, 0) is 17.9 Å². The van der Waals surface area contributed by atoms with E-state index in [9.17, 15) is 4.79 Å². The number of rotatable bonds is 5. The van der Waals surface area contributed by atoms with E-state index in [1.807, 2.05) is 42.5 Å². The summed E-state index contributed by atoms with van der Waals surface area (Å²) in [5, 5.41) is 9.17. The highest BCUT2D eigenvalue weighted by Gasteiger charge is 2.09. The lowest BCUT2D eigenvalue weighted by molar-refractivity contribution is -0.121. The third kappa shape index (κ3) is 3.84. The average molecular weight is 348 g/mol. The SMILES string of the molecule is O=C(CCn1nc(Cl)c2ccccc21)NCc1cccc(Cl)c1. The first-order chi connectivity index (χ1) is 11.1. The predicted molar refractivity (Wildman–Crippen MR) is 92.7 cm³/mol. The lowest BCUT2D eigenvalue weighted by Gasteiger charge is -2.06. The maximum atomic E-state index is 12.0. The molecule has 0 spiro atoms. The minimum atomic E-state index is -0.0410. The first kappa shape index (κ1) is 15.8. The van der Waals surface area contributed by atoms with Crippen molar-refractivity contribution in [3.05, 3.63) is 64.3 Å². The van der Waals surface area contributed by atoms with Crippen molar-refractivity contribution in [3.8, 4) is 0 Å². The molecule has 3 rings (SSSR count). The van der Waals surface area contributed by atoms with Gasteiger partial charge in [0.1, 0.15) is 0 Å². The first-order valence-electron chi connectivity index (χ1n) is 7.25. The van der Waals surface area contributed by atoms with E-state index < -0.39 is 0 Å². The molecule has 0 atom stereocenters. The Hall–Kier alpha value is -2.04. The Morgan fingerprint density at radius 3 is 2.78 bits per heavy atom. The minimum Gasteiger partial charge on any atom is -0.352 e. The van der Waals surface area contributed by atoms with Gasteiger partial charge in [0, 0.05) is 23.4 Å². The van der Waals surface area contributed by atoms with Crippen LogP contribution in [0.3, 0.4) is 0 Å². The van der Waals surface area contributed by atoms with Gasteiger partial charge < -0.3 is 5.32 Å². The second-order valence-corrected chi connectivity index (χ2v) is 5.98. The van der Waals surface area contributed by atoms with Gasteiger partial charge in [-0.2, -0.15) is 5.10 Å². The molecule has 0 saturated heterocycles. The van der Waals surface area contributed by atoms with Crippen molar-refractivity contribution >= 4 is 40.0 Å². The summed E-state index contributed by atoms with van der Waals surface area (Å²) in [7, 11) is 0. The van der Waals surface area contributed by atoms with Crippen LogP contribution in [0.15, 0.2) is 48.5 Å². The molecule has 6 heteroatoms. The molecule has 0 bridgehead atoms. The molecule has 0 fully saturated rings. The number of nitrogens with zero attached hydrogens (tertiary/aromatic N) is 2. The fourth-order valence-corrected chi connectivity index (χ4v) is 2.86. The number of benzene rings is 2. The molecule has 3 aromatic rings. The fraction of sp³-hybridized carbons (Fsp3) is 0.176. The number of aryl methyl sites for hydroxylation is 1. The Balaban J connectivity index is 1.58. The maximum Gasteiger partial charge on any atom is 0.222 e. The molecule has 0 saturated carbocycles. The van der Waals surface area contributed by atoms with Crippen molar-refractivity contribution in [2.75, 3.05) is 0 Å². The lowest BCUT2D eigenvalue weighted by atomic mass is 10.2. The van der Waals surface area contributed by atoms with Gasteiger partial charge in [0.15, 0.2) is 5.15 Å². The number of carbonyl (C=O) groups is 1. The summed E-state index contributed by atoms with van der Waals surface area (Å²) in [5.41, 5.74) is 1.90. The summed E-state index contributed by atoms with van der Waals surface area (Å²) < 4.78 is 1.76. The third-order valence-electron chi connectivity index (χ3n) is 3.54. The van der Waals surface area contributed by atoms with Crippen molar-refractivity contribution in [2.24, 2.45) is 0 Å². The van der Waals surface area contributed by atoms with Crippen molar-refractivity contribution in [2.45, 2.75) is 19.5 Å². The van der Waals surface area contributed by atoms with E-state index in [0.717, 1.165) is 16.5 Å². The fourth-order valence-electron chi connectivity index (χ4n) is 2.40. The number of hydrogen-bond acceptors (Lipinski definition) is 2. The Kier molecular flexibility index (Phi) is 4.84. The number of para-hydroxylation sites is 1.